The van der Waals surface area contributed by atoms with E-state index in [1.54, 1.807) is 23.5 Å². The number of amides is 8. The first kappa shape index (κ1) is 127. The molecule has 0 aliphatic carbocycles. The molecule has 4 N–H and O–H groups in total. The van der Waals surface area contributed by atoms with Crippen LogP contribution in [0.4, 0.5) is 0 Å². The van der Waals surface area contributed by atoms with Crippen molar-refractivity contribution in [3.8, 4) is 0 Å². The maximum absolute atomic E-state index is 12.2. The third-order valence-corrected chi connectivity index (χ3v) is 28.6. The smallest absolute Gasteiger partial charge is 0.248 e. The molecule has 0 aromatic rings. The number of carbonyl (C=O) groups excluding carboxylic acids is 8. The van der Waals surface area contributed by atoms with Crippen LogP contribution in [0.25, 0.3) is 0 Å². The van der Waals surface area contributed by atoms with E-state index in [-0.39, 0.29) is 121 Å². The Labute approximate surface area is 827 Å². The Morgan fingerprint density at radius 2 is 0.519 bits per heavy atom. The Bertz CT molecular complexity index is 3030. The van der Waals surface area contributed by atoms with E-state index in [1.807, 2.05) is 86.8 Å². The molecule has 7 rings (SSSR count). The standard InChI is InChI=1S/C18H34N2O3.C18H34N2O2S.C15H30N2O.2C15H29NO2.C15H29NOS.C13H28N2/c2*1-17(2,3)9-10-19-16(22)14-7-11-20(12-8-14)15(21)13-23-18(4,5)6;1-14(2,3)12-7-9-17(10-8-12)13(18)11-16-15(4,5)6;3*1-14(2,3)12-7-9-16(10-8-12)13(17)11-18-15(4,5)6;1-12(2,3)14-11-7-9-15(10-8-11)13(4,5)6/h2*14H,7-13H2,1-6H3,(H,19,22);12,16H,7-11H2,1-6H3;3*12H,7-11H2,1-6H3;11,14H,7-10H2,1-6H3. The summed E-state index contributed by atoms with van der Waals surface area (Å²) in [6, 6.07) is 0.712. The number of carbonyl (C=O) groups is 8. The largest absolute Gasteiger partial charge is 0.366 e. The molecule has 0 saturated carbocycles. The van der Waals surface area contributed by atoms with Crippen molar-refractivity contribution in [2.45, 2.75) is 442 Å². The number of thioether (sulfide) groups is 2. The SMILES string of the molecule is CC(C)(C)CCNC(=O)C1CCN(C(=O)COC(C)(C)C)CC1.CC(C)(C)CCNC(=O)C1CCN(C(=O)CSC(C)(C)C)CC1.CC(C)(C)NC1CCN(C(C)(C)C)CC1.CC(C)(C)NCC(=O)N1CCC(C(C)(C)C)CC1.CC(C)(C)OCC(=O)N1CCC(C(C)(C)C)CC1.CC(C)(C)OCC(=O)N1CCC(C(C)(C)C)CC1.CC(C)(C)SCC(=O)N1CCC(C(C)(C)C)CC1. The second kappa shape index (κ2) is 55.6. The molecule has 0 aromatic heterocycles. The summed E-state index contributed by atoms with van der Waals surface area (Å²) in [6.07, 6.45) is 16.7. The predicted octanol–water partition coefficient (Wildman–Crippen LogP) is 21.2. The molecular weight excluding hydrogens is 1700 g/mol. The average Bonchev–Trinajstić information content (AvgIpc) is 0.849. The third kappa shape index (κ3) is 60.9. The third-order valence-electron chi connectivity index (χ3n) is 26.1. The van der Waals surface area contributed by atoms with E-state index in [9.17, 15) is 38.4 Å². The lowest BCUT2D eigenvalue weighted by Gasteiger charge is -2.42. The molecule has 24 heteroatoms. The topological polar surface area (TPSA) is 235 Å². The summed E-state index contributed by atoms with van der Waals surface area (Å²) in [5, 5.41) is 13.1. The van der Waals surface area contributed by atoms with Gasteiger partial charge in [-0.05, 0) is 284 Å². The summed E-state index contributed by atoms with van der Waals surface area (Å²) in [6.45, 7) is 106. The van der Waals surface area contributed by atoms with Crippen molar-refractivity contribution in [1.29, 1.82) is 0 Å². The number of likely N-dealkylation sites (tertiary alicyclic amines) is 7. The van der Waals surface area contributed by atoms with Gasteiger partial charge in [0, 0.05) is 149 Å². The lowest BCUT2D eigenvalue weighted by molar-refractivity contribution is -0.143. The quantitative estimate of drug-likeness (QED) is 0.0941. The molecule has 8 amide bonds. The number of hydrogen-bond acceptors (Lipinski definition) is 16. The van der Waals surface area contributed by atoms with Gasteiger partial charge in [0.25, 0.3) is 0 Å². The zero-order chi connectivity index (χ0) is 103. The van der Waals surface area contributed by atoms with E-state index < -0.39 is 0 Å². The minimum absolute atomic E-state index is 0.0133. The van der Waals surface area contributed by atoms with E-state index in [0.29, 0.717) is 83.4 Å². The van der Waals surface area contributed by atoms with Crippen LogP contribution in [0.1, 0.15) is 394 Å². The van der Waals surface area contributed by atoms with Crippen LogP contribution < -0.4 is 21.3 Å². The number of ether oxygens (including phenoxy) is 3. The van der Waals surface area contributed by atoms with Gasteiger partial charge in [-0.25, -0.2) is 0 Å². The van der Waals surface area contributed by atoms with Crippen molar-refractivity contribution in [3.63, 3.8) is 0 Å². The normalized spacial score (nSPS) is 18.8. The minimum Gasteiger partial charge on any atom is -0.366 e. The van der Waals surface area contributed by atoms with Crippen molar-refractivity contribution in [2.24, 2.45) is 68.0 Å². The van der Waals surface area contributed by atoms with Crippen LogP contribution in [0, 0.1) is 68.0 Å². The fraction of sp³-hybridized carbons (Fsp3) is 0.927. The molecule has 7 fully saturated rings. The van der Waals surface area contributed by atoms with Gasteiger partial charge in [-0.1, -0.05) is 166 Å². The molecule has 0 spiro atoms. The Kier molecular flexibility index (Phi) is 53.2. The number of hydrogen-bond donors (Lipinski definition) is 4. The van der Waals surface area contributed by atoms with Crippen molar-refractivity contribution < 1.29 is 52.6 Å². The fourth-order valence-electron chi connectivity index (χ4n) is 16.8. The molecule has 7 aliphatic rings. The maximum Gasteiger partial charge on any atom is 0.248 e. The molecule has 7 saturated heterocycles. The van der Waals surface area contributed by atoms with Crippen molar-refractivity contribution in [2.75, 3.05) is 143 Å². The highest BCUT2D eigenvalue weighted by Crippen LogP contribution is 2.39. The van der Waals surface area contributed by atoms with Crippen LogP contribution in [0.2, 0.25) is 0 Å². The van der Waals surface area contributed by atoms with Crippen LogP contribution in [-0.2, 0) is 52.6 Å². The van der Waals surface area contributed by atoms with Gasteiger partial charge in [0.15, 0.2) is 0 Å². The number of rotatable bonds is 19. The number of nitrogens with one attached hydrogen (secondary N) is 4. The second-order valence-electron chi connectivity index (χ2n) is 54.0. The van der Waals surface area contributed by atoms with E-state index >= 15 is 0 Å². The monoisotopic (exact) mass is 1920 g/mol. The Balaban J connectivity index is 0.000000779. The molecular formula is C109H213N11O11S2. The van der Waals surface area contributed by atoms with Gasteiger partial charge in [0.05, 0.1) is 34.9 Å². The fourth-order valence-corrected chi connectivity index (χ4v) is 18.3. The van der Waals surface area contributed by atoms with Crippen LogP contribution in [0.5, 0.6) is 0 Å². The lowest BCUT2D eigenvalue weighted by atomic mass is 9.75. The van der Waals surface area contributed by atoms with E-state index in [0.717, 1.165) is 179 Å². The first-order chi connectivity index (χ1) is 60.0. The summed E-state index contributed by atoms with van der Waals surface area (Å²) < 4.78 is 16.9. The summed E-state index contributed by atoms with van der Waals surface area (Å²) in [7, 11) is 0. The molecule has 7 aliphatic heterocycles. The van der Waals surface area contributed by atoms with Gasteiger partial charge in [-0.3, -0.25) is 43.3 Å². The minimum atomic E-state index is -0.305. The van der Waals surface area contributed by atoms with Gasteiger partial charge in [-0.2, -0.15) is 0 Å². The zero-order valence-electron chi connectivity index (χ0n) is 94.3. The number of nitrogens with zero attached hydrogens (tertiary/aromatic N) is 7. The highest BCUT2D eigenvalue weighted by atomic mass is 32.2. The average molecular weight is 1920 g/mol. The molecule has 782 valence electrons. The molecule has 0 bridgehead atoms. The lowest BCUT2D eigenvalue weighted by Crippen LogP contribution is -2.53. The number of piperidine rings is 7. The first-order valence-electron chi connectivity index (χ1n) is 51.7. The predicted molar refractivity (Wildman–Crippen MR) is 564 cm³/mol. The van der Waals surface area contributed by atoms with Gasteiger partial charge in [0.1, 0.15) is 19.8 Å². The molecule has 133 heavy (non-hydrogen) atoms. The molecule has 22 nitrogen and oxygen atoms in total. The van der Waals surface area contributed by atoms with Crippen LogP contribution >= 0.6 is 23.5 Å². The van der Waals surface area contributed by atoms with Crippen LogP contribution in [0.15, 0.2) is 0 Å². The Morgan fingerprint density at radius 1 is 0.286 bits per heavy atom. The Morgan fingerprint density at radius 3 is 0.722 bits per heavy atom. The van der Waals surface area contributed by atoms with Crippen molar-refractivity contribution in [1.82, 2.24) is 55.6 Å². The van der Waals surface area contributed by atoms with E-state index in [1.165, 1.54) is 25.9 Å². The van der Waals surface area contributed by atoms with Gasteiger partial charge < -0.3 is 64.9 Å². The zero-order valence-corrected chi connectivity index (χ0v) is 96.0. The van der Waals surface area contributed by atoms with Gasteiger partial charge in [-0.15, -0.1) is 23.5 Å². The van der Waals surface area contributed by atoms with Gasteiger partial charge in [0.2, 0.25) is 47.3 Å². The summed E-state index contributed by atoms with van der Waals surface area (Å²) >= 11 is 3.44. The molecule has 7 heterocycles. The molecule has 0 atom stereocenters. The van der Waals surface area contributed by atoms with Crippen LogP contribution in [-0.4, -0.2) is 273 Å². The van der Waals surface area contributed by atoms with E-state index in [4.69, 9.17) is 14.2 Å². The molecule has 0 radical (unpaired) electrons. The van der Waals surface area contributed by atoms with E-state index in [2.05, 4.69) is 260 Å². The summed E-state index contributed by atoms with van der Waals surface area (Å²) in [5.41, 5.74) is 1.78. The first-order valence-corrected chi connectivity index (χ1v) is 53.7. The second-order valence-corrected chi connectivity index (χ2v) is 57.6. The Hall–Kier alpha value is -3.78. The summed E-state index contributed by atoms with van der Waals surface area (Å²) in [5.74, 6) is 5.58. The molecule has 0 aromatic carbocycles. The van der Waals surface area contributed by atoms with Crippen molar-refractivity contribution >= 4 is 70.8 Å². The maximum atomic E-state index is 12.2. The van der Waals surface area contributed by atoms with Crippen LogP contribution in [0.3, 0.4) is 0 Å². The summed E-state index contributed by atoms with van der Waals surface area (Å²) in [4.78, 5) is 111. The molecule has 0 unspecified atom stereocenters. The highest BCUT2D eigenvalue weighted by Gasteiger charge is 2.38. The van der Waals surface area contributed by atoms with Gasteiger partial charge >= 0.3 is 0 Å². The van der Waals surface area contributed by atoms with Crippen molar-refractivity contribution in [3.05, 3.63) is 0 Å². The highest BCUT2D eigenvalue weighted by molar-refractivity contribution is 8.01.